The molecule has 2 aromatic rings. The predicted octanol–water partition coefficient (Wildman–Crippen LogP) is 3.33. The van der Waals surface area contributed by atoms with E-state index in [9.17, 15) is 4.79 Å². The Kier molecular flexibility index (Phi) is 4.39. The van der Waals surface area contributed by atoms with Crippen LogP contribution in [-0.2, 0) is 0 Å². The van der Waals surface area contributed by atoms with Gasteiger partial charge in [0.1, 0.15) is 0 Å². The van der Waals surface area contributed by atoms with Crippen LogP contribution in [-0.4, -0.2) is 29.9 Å². The Hall–Kier alpha value is -1.88. The monoisotopic (exact) mass is 289 g/mol. The highest BCUT2D eigenvalue weighted by molar-refractivity contribution is 7.09. The molecular formula is C15H19N3OS. The Morgan fingerprint density at radius 3 is 2.65 bits per heavy atom. The van der Waals surface area contributed by atoms with E-state index < -0.39 is 0 Å². The number of thiazole rings is 1. The fraction of sp³-hybridized carbons (Fsp3) is 0.333. The van der Waals surface area contributed by atoms with Crippen LogP contribution in [0.4, 0.5) is 5.69 Å². The van der Waals surface area contributed by atoms with Gasteiger partial charge in [0.15, 0.2) is 0 Å². The fourth-order valence-electron chi connectivity index (χ4n) is 1.92. The molecule has 0 saturated carbocycles. The first kappa shape index (κ1) is 14.5. The molecule has 0 spiro atoms. The summed E-state index contributed by atoms with van der Waals surface area (Å²) in [4.78, 5) is 18.2. The van der Waals surface area contributed by atoms with Crippen molar-refractivity contribution in [1.82, 2.24) is 9.88 Å². The molecule has 0 bridgehead atoms. The lowest BCUT2D eigenvalue weighted by atomic mass is 10.1. The second-order valence-electron chi connectivity index (χ2n) is 4.90. The molecular weight excluding hydrogens is 270 g/mol. The molecule has 0 aliphatic rings. The van der Waals surface area contributed by atoms with Gasteiger partial charge in [-0.1, -0.05) is 12.1 Å². The van der Waals surface area contributed by atoms with Gasteiger partial charge in [-0.3, -0.25) is 4.79 Å². The van der Waals surface area contributed by atoms with Crippen LogP contribution in [0.15, 0.2) is 29.6 Å². The molecule has 106 valence electrons. The number of benzene rings is 1. The van der Waals surface area contributed by atoms with E-state index in [4.69, 9.17) is 0 Å². The van der Waals surface area contributed by atoms with Crippen molar-refractivity contribution in [3.63, 3.8) is 0 Å². The molecule has 0 saturated heterocycles. The number of anilines is 1. The van der Waals surface area contributed by atoms with Crippen LogP contribution in [0.5, 0.6) is 0 Å². The van der Waals surface area contributed by atoms with Crippen LogP contribution in [0.2, 0.25) is 0 Å². The van der Waals surface area contributed by atoms with E-state index in [-0.39, 0.29) is 11.9 Å². The number of nitrogens with one attached hydrogen (secondary N) is 1. The summed E-state index contributed by atoms with van der Waals surface area (Å²) in [5.74, 6) is -0.00485. The smallest absolute Gasteiger partial charge is 0.255 e. The molecule has 1 atom stereocenters. The van der Waals surface area contributed by atoms with Gasteiger partial charge in [-0.05, 0) is 26.0 Å². The van der Waals surface area contributed by atoms with Gasteiger partial charge in [-0.25, -0.2) is 4.98 Å². The van der Waals surface area contributed by atoms with Crippen molar-refractivity contribution in [3.8, 4) is 0 Å². The van der Waals surface area contributed by atoms with Crippen molar-refractivity contribution in [2.24, 2.45) is 0 Å². The van der Waals surface area contributed by atoms with E-state index in [1.54, 1.807) is 30.3 Å². The second kappa shape index (κ2) is 6.05. The Morgan fingerprint density at radius 2 is 2.05 bits per heavy atom. The summed E-state index contributed by atoms with van der Waals surface area (Å²) >= 11 is 1.63. The summed E-state index contributed by atoms with van der Waals surface area (Å²) < 4.78 is 0. The van der Waals surface area contributed by atoms with Crippen molar-refractivity contribution in [2.45, 2.75) is 19.9 Å². The standard InChI is InChI=1S/C15H19N3OS/c1-10(14-9-20-11(2)17-14)16-13-8-6-5-7-12(13)15(19)18(3)4/h5-10,16H,1-4H3. The molecule has 1 amide bonds. The van der Waals surface area contributed by atoms with Gasteiger partial charge in [-0.2, -0.15) is 0 Å². The summed E-state index contributed by atoms with van der Waals surface area (Å²) in [6.45, 7) is 4.04. The van der Waals surface area contributed by atoms with Gasteiger partial charge in [-0.15, -0.1) is 11.3 Å². The lowest BCUT2D eigenvalue weighted by Crippen LogP contribution is -2.23. The third kappa shape index (κ3) is 3.17. The lowest BCUT2D eigenvalue weighted by molar-refractivity contribution is 0.0828. The third-order valence-electron chi connectivity index (χ3n) is 3.02. The first-order valence-electron chi connectivity index (χ1n) is 6.48. The van der Waals surface area contributed by atoms with Gasteiger partial charge in [0.25, 0.3) is 5.91 Å². The Balaban J connectivity index is 2.23. The first-order valence-corrected chi connectivity index (χ1v) is 7.36. The molecule has 0 fully saturated rings. The molecule has 0 radical (unpaired) electrons. The highest BCUT2D eigenvalue weighted by Crippen LogP contribution is 2.24. The van der Waals surface area contributed by atoms with E-state index >= 15 is 0 Å². The highest BCUT2D eigenvalue weighted by atomic mass is 32.1. The van der Waals surface area contributed by atoms with Gasteiger partial charge in [0, 0.05) is 25.2 Å². The molecule has 5 heteroatoms. The maximum absolute atomic E-state index is 12.2. The maximum atomic E-state index is 12.2. The van der Waals surface area contributed by atoms with Crippen LogP contribution in [0.3, 0.4) is 0 Å². The number of aromatic nitrogens is 1. The number of nitrogens with zero attached hydrogens (tertiary/aromatic N) is 2. The number of para-hydroxylation sites is 1. The molecule has 1 N–H and O–H groups in total. The molecule has 1 heterocycles. The third-order valence-corrected chi connectivity index (χ3v) is 3.81. The second-order valence-corrected chi connectivity index (χ2v) is 5.96. The lowest BCUT2D eigenvalue weighted by Gasteiger charge is -2.18. The average molecular weight is 289 g/mol. The van der Waals surface area contributed by atoms with Crippen molar-refractivity contribution >= 4 is 22.9 Å². The Bertz CT molecular complexity index is 607. The van der Waals surface area contributed by atoms with E-state index in [2.05, 4.69) is 10.3 Å². The minimum Gasteiger partial charge on any atom is -0.376 e. The number of hydrogen-bond donors (Lipinski definition) is 1. The van der Waals surface area contributed by atoms with Crippen LogP contribution in [0.25, 0.3) is 0 Å². The van der Waals surface area contributed by atoms with Crippen LogP contribution in [0, 0.1) is 6.92 Å². The number of rotatable bonds is 4. The van der Waals surface area contributed by atoms with E-state index in [1.165, 1.54) is 0 Å². The van der Waals surface area contributed by atoms with Crippen molar-refractivity contribution in [3.05, 3.63) is 45.9 Å². The summed E-state index contributed by atoms with van der Waals surface area (Å²) in [5, 5.41) is 6.47. The zero-order chi connectivity index (χ0) is 14.7. The van der Waals surface area contributed by atoms with Crippen molar-refractivity contribution in [2.75, 3.05) is 19.4 Å². The van der Waals surface area contributed by atoms with E-state index in [0.717, 1.165) is 16.4 Å². The van der Waals surface area contributed by atoms with Gasteiger partial charge in [0.2, 0.25) is 0 Å². The SMILES string of the molecule is Cc1nc(C(C)Nc2ccccc2C(=O)N(C)C)cs1. The molecule has 1 aromatic heterocycles. The minimum absolute atomic E-state index is 0.00485. The van der Waals surface area contributed by atoms with Crippen molar-refractivity contribution < 1.29 is 4.79 Å². The van der Waals surface area contributed by atoms with Gasteiger partial charge in [0.05, 0.1) is 22.3 Å². The largest absolute Gasteiger partial charge is 0.376 e. The van der Waals surface area contributed by atoms with E-state index in [1.807, 2.05) is 43.5 Å². The van der Waals surface area contributed by atoms with Crippen molar-refractivity contribution in [1.29, 1.82) is 0 Å². The number of carbonyl (C=O) groups is 1. The normalized spacial score (nSPS) is 12.0. The number of hydrogen-bond acceptors (Lipinski definition) is 4. The highest BCUT2D eigenvalue weighted by Gasteiger charge is 2.15. The summed E-state index contributed by atoms with van der Waals surface area (Å²) in [6.07, 6.45) is 0. The fourth-order valence-corrected chi connectivity index (χ4v) is 2.63. The Labute approximate surface area is 123 Å². The molecule has 20 heavy (non-hydrogen) atoms. The van der Waals surface area contributed by atoms with Crippen LogP contribution < -0.4 is 5.32 Å². The molecule has 1 unspecified atom stereocenters. The zero-order valence-corrected chi connectivity index (χ0v) is 13.0. The quantitative estimate of drug-likeness (QED) is 0.939. The topological polar surface area (TPSA) is 45.2 Å². The summed E-state index contributed by atoms with van der Waals surface area (Å²) in [5.41, 5.74) is 2.51. The molecule has 0 aliphatic carbocycles. The molecule has 4 nitrogen and oxygen atoms in total. The zero-order valence-electron chi connectivity index (χ0n) is 12.2. The van der Waals surface area contributed by atoms with Crippen LogP contribution in [0.1, 0.15) is 34.0 Å². The first-order chi connectivity index (χ1) is 9.49. The number of amides is 1. The van der Waals surface area contributed by atoms with Gasteiger partial charge >= 0.3 is 0 Å². The summed E-state index contributed by atoms with van der Waals surface area (Å²) in [7, 11) is 3.51. The number of aryl methyl sites for hydroxylation is 1. The average Bonchev–Trinajstić information content (AvgIpc) is 2.85. The van der Waals surface area contributed by atoms with Crippen LogP contribution >= 0.6 is 11.3 Å². The predicted molar refractivity (Wildman–Crippen MR) is 83.3 cm³/mol. The summed E-state index contributed by atoms with van der Waals surface area (Å²) in [6, 6.07) is 7.62. The minimum atomic E-state index is -0.00485. The van der Waals surface area contributed by atoms with Gasteiger partial charge < -0.3 is 10.2 Å². The molecule has 1 aromatic carbocycles. The van der Waals surface area contributed by atoms with E-state index in [0.29, 0.717) is 5.56 Å². The Morgan fingerprint density at radius 1 is 1.35 bits per heavy atom. The maximum Gasteiger partial charge on any atom is 0.255 e. The molecule has 2 rings (SSSR count). The number of carbonyl (C=O) groups excluding carboxylic acids is 1. The molecule has 0 aliphatic heterocycles.